The number of aliphatic carboxylic acids is 1. The summed E-state index contributed by atoms with van der Waals surface area (Å²) in [5.41, 5.74) is -0.603. The number of urea groups is 1. The molecule has 7 heteroatoms. The number of anilines is 1. The van der Waals surface area contributed by atoms with Gasteiger partial charge in [0.15, 0.2) is 0 Å². The lowest BCUT2D eigenvalue weighted by atomic mass is 9.99. The molecule has 1 rings (SSSR count). The zero-order chi connectivity index (χ0) is 14.5. The van der Waals surface area contributed by atoms with Gasteiger partial charge in [-0.15, -0.1) is 0 Å². The summed E-state index contributed by atoms with van der Waals surface area (Å²) in [7, 11) is 0. The average molecular weight is 330 g/mol. The summed E-state index contributed by atoms with van der Waals surface area (Å²) >= 11 is 3.28. The highest BCUT2D eigenvalue weighted by molar-refractivity contribution is 9.10. The van der Waals surface area contributed by atoms with Gasteiger partial charge >= 0.3 is 12.0 Å². The molecule has 0 saturated carbocycles. The van der Waals surface area contributed by atoms with Crippen LogP contribution in [0.1, 0.15) is 26.7 Å². The largest absolute Gasteiger partial charge is 0.481 e. The van der Waals surface area contributed by atoms with Crippen molar-refractivity contribution in [2.24, 2.45) is 0 Å². The van der Waals surface area contributed by atoms with E-state index in [-0.39, 0.29) is 6.42 Å². The fraction of sp³-hybridized carbons (Fsp3) is 0.417. The van der Waals surface area contributed by atoms with Gasteiger partial charge in [0, 0.05) is 22.6 Å². The Labute approximate surface area is 119 Å². The number of aromatic nitrogens is 1. The highest BCUT2D eigenvalue weighted by atomic mass is 79.9. The van der Waals surface area contributed by atoms with Gasteiger partial charge in [0.2, 0.25) is 0 Å². The summed E-state index contributed by atoms with van der Waals surface area (Å²) < 4.78 is 0.808. The molecular weight excluding hydrogens is 314 g/mol. The molecule has 0 spiro atoms. The number of carbonyl (C=O) groups excluding carboxylic acids is 1. The molecule has 0 aromatic carbocycles. The van der Waals surface area contributed by atoms with Gasteiger partial charge in [-0.25, -0.2) is 9.78 Å². The van der Waals surface area contributed by atoms with E-state index < -0.39 is 17.5 Å². The number of rotatable bonds is 5. The summed E-state index contributed by atoms with van der Waals surface area (Å²) in [6.45, 7) is 3.54. The van der Waals surface area contributed by atoms with Crippen LogP contribution in [0.25, 0.3) is 0 Å². The molecule has 0 aliphatic rings. The van der Waals surface area contributed by atoms with Gasteiger partial charge in [0.1, 0.15) is 5.82 Å². The van der Waals surface area contributed by atoms with Gasteiger partial charge in [-0.1, -0.05) is 15.9 Å². The van der Waals surface area contributed by atoms with Crippen LogP contribution in [0.15, 0.2) is 22.8 Å². The molecule has 0 atom stereocenters. The second-order valence-electron chi connectivity index (χ2n) is 4.72. The second kappa shape index (κ2) is 6.51. The lowest BCUT2D eigenvalue weighted by molar-refractivity contribution is -0.137. The van der Waals surface area contributed by atoms with Crippen molar-refractivity contribution in [2.45, 2.75) is 32.2 Å². The molecular formula is C12H16BrN3O3. The lowest BCUT2D eigenvalue weighted by Crippen LogP contribution is -2.45. The molecule has 0 fully saturated rings. The lowest BCUT2D eigenvalue weighted by Gasteiger charge is -2.25. The van der Waals surface area contributed by atoms with E-state index in [1.807, 2.05) is 0 Å². The Balaban J connectivity index is 2.52. The summed E-state index contributed by atoms with van der Waals surface area (Å²) in [6.07, 6.45) is 1.92. The Kier molecular flexibility index (Phi) is 5.29. The van der Waals surface area contributed by atoms with Gasteiger partial charge in [0.05, 0.1) is 0 Å². The number of carboxylic acids is 1. The maximum Gasteiger partial charge on any atom is 0.320 e. The van der Waals surface area contributed by atoms with Crippen LogP contribution in [-0.4, -0.2) is 27.6 Å². The van der Waals surface area contributed by atoms with Crippen molar-refractivity contribution in [3.05, 3.63) is 22.8 Å². The molecule has 0 radical (unpaired) electrons. The first-order valence-electron chi connectivity index (χ1n) is 5.71. The van der Waals surface area contributed by atoms with E-state index in [2.05, 4.69) is 31.5 Å². The summed E-state index contributed by atoms with van der Waals surface area (Å²) in [4.78, 5) is 26.3. The highest BCUT2D eigenvalue weighted by Gasteiger charge is 2.21. The standard InChI is InChI=1S/C12H16BrN3O3/c1-12(2,5-3-10(17)18)16-11(19)15-9-7-8(13)4-6-14-9/h4,6-7H,3,5H2,1-2H3,(H,17,18)(H2,14,15,16,19). The molecule has 0 saturated heterocycles. The highest BCUT2D eigenvalue weighted by Crippen LogP contribution is 2.14. The number of hydrogen-bond donors (Lipinski definition) is 3. The molecule has 0 unspecified atom stereocenters. The minimum atomic E-state index is -0.885. The third kappa shape index (κ3) is 6.19. The van der Waals surface area contributed by atoms with E-state index in [1.54, 1.807) is 32.2 Å². The molecule has 3 N–H and O–H groups in total. The zero-order valence-electron chi connectivity index (χ0n) is 10.7. The van der Waals surface area contributed by atoms with E-state index in [0.717, 1.165) is 4.47 Å². The van der Waals surface area contributed by atoms with Gasteiger partial charge in [0.25, 0.3) is 0 Å². The number of nitrogens with one attached hydrogen (secondary N) is 2. The Hall–Kier alpha value is -1.63. The summed E-state index contributed by atoms with van der Waals surface area (Å²) in [6, 6.07) is 3.00. The zero-order valence-corrected chi connectivity index (χ0v) is 12.3. The van der Waals surface area contributed by atoms with Crippen LogP contribution < -0.4 is 10.6 Å². The number of pyridine rings is 1. The molecule has 104 valence electrons. The fourth-order valence-corrected chi connectivity index (χ4v) is 1.75. The van der Waals surface area contributed by atoms with Crippen molar-refractivity contribution < 1.29 is 14.7 Å². The van der Waals surface area contributed by atoms with Crippen LogP contribution >= 0.6 is 15.9 Å². The third-order valence-electron chi connectivity index (χ3n) is 2.38. The van der Waals surface area contributed by atoms with Crippen LogP contribution in [0, 0.1) is 0 Å². The van der Waals surface area contributed by atoms with Crippen molar-refractivity contribution in [1.29, 1.82) is 0 Å². The van der Waals surface area contributed by atoms with Gasteiger partial charge in [-0.2, -0.15) is 0 Å². The first-order valence-corrected chi connectivity index (χ1v) is 6.50. The smallest absolute Gasteiger partial charge is 0.320 e. The Morgan fingerprint density at radius 1 is 1.47 bits per heavy atom. The summed E-state index contributed by atoms with van der Waals surface area (Å²) in [5, 5.41) is 13.9. The number of carboxylic acid groups (broad SMARTS) is 1. The third-order valence-corrected chi connectivity index (χ3v) is 2.87. The number of carbonyl (C=O) groups is 2. The Morgan fingerprint density at radius 3 is 2.74 bits per heavy atom. The SMILES string of the molecule is CC(C)(CCC(=O)O)NC(=O)Nc1cc(Br)ccn1. The van der Waals surface area contributed by atoms with Crippen LogP contribution in [-0.2, 0) is 4.79 Å². The predicted molar refractivity (Wildman–Crippen MR) is 75.0 cm³/mol. The van der Waals surface area contributed by atoms with Crippen molar-refractivity contribution in [2.75, 3.05) is 5.32 Å². The molecule has 1 aromatic heterocycles. The van der Waals surface area contributed by atoms with Crippen molar-refractivity contribution in [3.8, 4) is 0 Å². The number of halogens is 1. The maximum atomic E-state index is 11.8. The molecule has 0 bridgehead atoms. The van der Waals surface area contributed by atoms with Crippen LogP contribution in [0.2, 0.25) is 0 Å². The maximum absolute atomic E-state index is 11.8. The van der Waals surface area contributed by atoms with Crippen molar-refractivity contribution >= 4 is 33.7 Å². The van der Waals surface area contributed by atoms with Gasteiger partial charge in [-0.05, 0) is 32.4 Å². The molecule has 0 aliphatic heterocycles. The molecule has 2 amide bonds. The first-order chi connectivity index (χ1) is 8.78. The molecule has 6 nitrogen and oxygen atoms in total. The normalized spacial score (nSPS) is 10.9. The second-order valence-corrected chi connectivity index (χ2v) is 5.63. The topological polar surface area (TPSA) is 91.3 Å². The number of amides is 2. The Bertz CT molecular complexity index is 477. The monoisotopic (exact) mass is 329 g/mol. The van der Waals surface area contributed by atoms with Crippen LogP contribution in [0.4, 0.5) is 10.6 Å². The Morgan fingerprint density at radius 2 is 2.16 bits per heavy atom. The van der Waals surface area contributed by atoms with Crippen LogP contribution in [0.5, 0.6) is 0 Å². The number of nitrogens with zero attached hydrogens (tertiary/aromatic N) is 1. The van der Waals surface area contributed by atoms with Gasteiger partial charge in [-0.3, -0.25) is 10.1 Å². The average Bonchev–Trinajstić information content (AvgIpc) is 2.25. The minimum Gasteiger partial charge on any atom is -0.481 e. The minimum absolute atomic E-state index is 0.00240. The van der Waals surface area contributed by atoms with E-state index in [0.29, 0.717) is 12.2 Å². The van der Waals surface area contributed by atoms with E-state index >= 15 is 0 Å². The first kappa shape index (κ1) is 15.4. The van der Waals surface area contributed by atoms with E-state index in [1.165, 1.54) is 0 Å². The van der Waals surface area contributed by atoms with E-state index in [4.69, 9.17) is 5.11 Å². The number of hydrogen-bond acceptors (Lipinski definition) is 3. The molecule has 1 heterocycles. The van der Waals surface area contributed by atoms with Crippen LogP contribution in [0.3, 0.4) is 0 Å². The molecule has 1 aromatic rings. The quantitative estimate of drug-likeness (QED) is 0.774. The van der Waals surface area contributed by atoms with Crippen molar-refractivity contribution in [1.82, 2.24) is 10.3 Å². The molecule has 0 aliphatic carbocycles. The fourth-order valence-electron chi connectivity index (χ4n) is 1.41. The summed E-state index contributed by atoms with van der Waals surface area (Å²) in [5.74, 6) is -0.468. The molecule has 19 heavy (non-hydrogen) atoms. The van der Waals surface area contributed by atoms with E-state index in [9.17, 15) is 9.59 Å². The predicted octanol–water partition coefficient (Wildman–Crippen LogP) is 2.61. The van der Waals surface area contributed by atoms with Gasteiger partial charge < -0.3 is 10.4 Å². The van der Waals surface area contributed by atoms with Crippen molar-refractivity contribution in [3.63, 3.8) is 0 Å².